The van der Waals surface area contributed by atoms with Gasteiger partial charge in [0.05, 0.1) is 11.0 Å². The topological polar surface area (TPSA) is 30.7 Å². The number of imidazole rings is 1. The van der Waals surface area contributed by atoms with Crippen LogP contribution >= 0.6 is 0 Å². The molecule has 108 valence electrons. The van der Waals surface area contributed by atoms with Crippen LogP contribution in [0.3, 0.4) is 0 Å². The molecule has 0 atom stereocenters. The van der Waals surface area contributed by atoms with Crippen molar-refractivity contribution < 1.29 is 17.6 Å². The molecule has 7 heteroatoms. The lowest BCUT2D eigenvalue weighted by atomic mass is 10.2. The zero-order chi connectivity index (χ0) is 15.0. The highest BCUT2D eigenvalue weighted by Gasteiger charge is 2.30. The maximum atomic E-state index is 13.3. The number of fused-ring (bicyclic) bond motifs is 1. The van der Waals surface area contributed by atoms with Gasteiger partial charge in [-0.05, 0) is 30.3 Å². The van der Waals surface area contributed by atoms with Crippen molar-refractivity contribution in [1.29, 1.82) is 0 Å². The summed E-state index contributed by atoms with van der Waals surface area (Å²) in [5, 5.41) is 0. The van der Waals surface area contributed by atoms with Crippen LogP contribution in [0.15, 0.2) is 42.7 Å². The molecular weight excluding hydrogens is 286 g/mol. The standard InChI is InChI=1S/C14H9F4N3/c15-10-3-4-11-12(6-10)21(8-14(16,17)18)13(20-11)9-2-1-5-19-7-9/h1-7H,8H2. The Kier molecular flexibility index (Phi) is 3.12. The summed E-state index contributed by atoms with van der Waals surface area (Å²) in [6.45, 7) is -1.24. The van der Waals surface area contributed by atoms with Crippen LogP contribution in [0.4, 0.5) is 17.6 Å². The molecule has 2 aromatic heterocycles. The number of nitrogens with zero attached hydrogens (tertiary/aromatic N) is 3. The fourth-order valence-corrected chi connectivity index (χ4v) is 2.15. The van der Waals surface area contributed by atoms with E-state index in [0.717, 1.165) is 10.6 Å². The van der Waals surface area contributed by atoms with Crippen LogP contribution in [0, 0.1) is 5.82 Å². The fraction of sp³-hybridized carbons (Fsp3) is 0.143. The summed E-state index contributed by atoms with van der Waals surface area (Å²) >= 11 is 0. The lowest BCUT2D eigenvalue weighted by Gasteiger charge is -2.11. The number of hydrogen-bond acceptors (Lipinski definition) is 2. The Bertz CT molecular complexity index is 778. The normalized spacial score (nSPS) is 12.0. The van der Waals surface area contributed by atoms with E-state index in [4.69, 9.17) is 0 Å². The Labute approximate surface area is 116 Å². The van der Waals surface area contributed by atoms with Gasteiger partial charge in [0.2, 0.25) is 0 Å². The van der Waals surface area contributed by atoms with Gasteiger partial charge in [-0.2, -0.15) is 13.2 Å². The second-order valence-electron chi connectivity index (χ2n) is 4.51. The smallest absolute Gasteiger partial charge is 0.315 e. The summed E-state index contributed by atoms with van der Waals surface area (Å²) in [4.78, 5) is 8.04. The summed E-state index contributed by atoms with van der Waals surface area (Å²) < 4.78 is 52.6. The molecule has 0 saturated heterocycles. The van der Waals surface area contributed by atoms with Gasteiger partial charge in [0.25, 0.3) is 0 Å². The number of benzene rings is 1. The van der Waals surface area contributed by atoms with E-state index in [1.165, 1.54) is 24.5 Å². The van der Waals surface area contributed by atoms with Crippen molar-refractivity contribution in [2.45, 2.75) is 12.7 Å². The average molecular weight is 295 g/mol. The van der Waals surface area contributed by atoms with Crippen molar-refractivity contribution in [3.8, 4) is 11.4 Å². The molecule has 0 fully saturated rings. The zero-order valence-corrected chi connectivity index (χ0v) is 10.6. The van der Waals surface area contributed by atoms with Gasteiger partial charge in [-0.3, -0.25) is 4.98 Å². The van der Waals surface area contributed by atoms with Gasteiger partial charge in [0.15, 0.2) is 0 Å². The molecule has 1 aromatic carbocycles. The van der Waals surface area contributed by atoms with E-state index in [1.54, 1.807) is 12.1 Å². The molecule has 0 bridgehead atoms. The molecule has 3 nitrogen and oxygen atoms in total. The van der Waals surface area contributed by atoms with Gasteiger partial charge < -0.3 is 4.57 Å². The molecule has 2 heterocycles. The van der Waals surface area contributed by atoms with Gasteiger partial charge in [-0.25, -0.2) is 9.37 Å². The molecule has 0 spiro atoms. The number of hydrogen-bond donors (Lipinski definition) is 0. The molecule has 0 N–H and O–H groups in total. The Morgan fingerprint density at radius 3 is 2.62 bits per heavy atom. The molecule has 0 aliphatic rings. The molecule has 0 amide bonds. The number of pyridine rings is 1. The first-order valence-corrected chi connectivity index (χ1v) is 6.07. The second-order valence-corrected chi connectivity index (χ2v) is 4.51. The van der Waals surface area contributed by atoms with Crippen LogP contribution in [-0.4, -0.2) is 20.7 Å². The molecule has 0 aliphatic carbocycles. The van der Waals surface area contributed by atoms with Crippen molar-refractivity contribution in [1.82, 2.24) is 14.5 Å². The van der Waals surface area contributed by atoms with Crippen molar-refractivity contribution in [3.05, 3.63) is 48.5 Å². The minimum atomic E-state index is -4.43. The van der Waals surface area contributed by atoms with Crippen LogP contribution in [-0.2, 0) is 6.54 Å². The maximum Gasteiger partial charge on any atom is 0.406 e. The lowest BCUT2D eigenvalue weighted by Crippen LogP contribution is -2.18. The van der Waals surface area contributed by atoms with E-state index in [1.807, 2.05) is 0 Å². The summed E-state index contributed by atoms with van der Waals surface area (Å²) in [7, 11) is 0. The third kappa shape index (κ3) is 2.72. The number of halogens is 4. The van der Waals surface area contributed by atoms with E-state index < -0.39 is 18.5 Å². The predicted octanol–water partition coefficient (Wildman–Crippen LogP) is 3.80. The summed E-state index contributed by atoms with van der Waals surface area (Å²) in [6.07, 6.45) is -1.50. The molecule has 3 aromatic rings. The summed E-state index contributed by atoms with van der Waals surface area (Å²) in [6, 6.07) is 6.79. The number of aromatic nitrogens is 3. The van der Waals surface area contributed by atoms with Crippen molar-refractivity contribution >= 4 is 11.0 Å². The van der Waals surface area contributed by atoms with E-state index in [-0.39, 0.29) is 11.3 Å². The van der Waals surface area contributed by atoms with Gasteiger partial charge in [0, 0.05) is 18.0 Å². The van der Waals surface area contributed by atoms with Crippen LogP contribution in [0.2, 0.25) is 0 Å². The van der Waals surface area contributed by atoms with Crippen LogP contribution in [0.5, 0.6) is 0 Å². The number of alkyl halides is 3. The summed E-state index contributed by atoms with van der Waals surface area (Å²) in [5.74, 6) is -0.496. The zero-order valence-electron chi connectivity index (χ0n) is 10.6. The lowest BCUT2D eigenvalue weighted by molar-refractivity contribution is -0.139. The van der Waals surface area contributed by atoms with Crippen LogP contribution in [0.1, 0.15) is 0 Å². The first-order chi connectivity index (χ1) is 9.94. The molecule has 21 heavy (non-hydrogen) atoms. The Hall–Kier alpha value is -2.44. The van der Waals surface area contributed by atoms with Crippen molar-refractivity contribution in [2.24, 2.45) is 0 Å². The first-order valence-electron chi connectivity index (χ1n) is 6.07. The summed E-state index contributed by atoms with van der Waals surface area (Å²) in [5.41, 5.74) is 0.851. The number of rotatable bonds is 2. The average Bonchev–Trinajstić information content (AvgIpc) is 2.76. The highest BCUT2D eigenvalue weighted by molar-refractivity contribution is 5.80. The second kappa shape index (κ2) is 4.83. The van der Waals surface area contributed by atoms with Gasteiger partial charge in [-0.1, -0.05) is 0 Å². The van der Waals surface area contributed by atoms with Gasteiger partial charge in [-0.15, -0.1) is 0 Å². The predicted molar refractivity (Wildman–Crippen MR) is 69.0 cm³/mol. The SMILES string of the molecule is Fc1ccc2nc(-c3cccnc3)n(CC(F)(F)F)c2c1. The molecular formula is C14H9F4N3. The largest absolute Gasteiger partial charge is 0.406 e. The highest BCUT2D eigenvalue weighted by atomic mass is 19.4. The van der Waals surface area contributed by atoms with Crippen molar-refractivity contribution in [3.63, 3.8) is 0 Å². The van der Waals surface area contributed by atoms with Crippen molar-refractivity contribution in [2.75, 3.05) is 0 Å². The first kappa shape index (κ1) is 13.5. The third-order valence-corrected chi connectivity index (χ3v) is 2.97. The fourth-order valence-electron chi connectivity index (χ4n) is 2.15. The maximum absolute atomic E-state index is 13.3. The van der Waals surface area contributed by atoms with Gasteiger partial charge in [0.1, 0.15) is 18.2 Å². The Morgan fingerprint density at radius 2 is 1.95 bits per heavy atom. The van der Waals surface area contributed by atoms with Crippen LogP contribution < -0.4 is 0 Å². The molecule has 0 aliphatic heterocycles. The minimum absolute atomic E-state index is 0.103. The van der Waals surface area contributed by atoms with Crippen LogP contribution in [0.25, 0.3) is 22.4 Å². The van der Waals surface area contributed by atoms with E-state index in [2.05, 4.69) is 9.97 Å². The van der Waals surface area contributed by atoms with E-state index in [0.29, 0.717) is 11.1 Å². The molecule has 0 unspecified atom stereocenters. The molecule has 3 rings (SSSR count). The van der Waals surface area contributed by atoms with E-state index >= 15 is 0 Å². The molecule has 0 radical (unpaired) electrons. The van der Waals surface area contributed by atoms with Gasteiger partial charge >= 0.3 is 6.18 Å². The quantitative estimate of drug-likeness (QED) is 0.673. The van der Waals surface area contributed by atoms with E-state index in [9.17, 15) is 17.6 Å². The molecule has 0 saturated carbocycles. The highest BCUT2D eigenvalue weighted by Crippen LogP contribution is 2.28. The Balaban J connectivity index is 2.25. The minimum Gasteiger partial charge on any atom is -0.315 e. The third-order valence-electron chi connectivity index (χ3n) is 2.97. The Morgan fingerprint density at radius 1 is 1.14 bits per heavy atom. The monoisotopic (exact) mass is 295 g/mol.